The maximum atomic E-state index is 13.5. The highest BCUT2D eigenvalue weighted by Gasteiger charge is 2.23. The number of piperidine rings is 1. The van der Waals surface area contributed by atoms with Gasteiger partial charge in [0.2, 0.25) is 0 Å². The van der Waals surface area contributed by atoms with Gasteiger partial charge in [-0.25, -0.2) is 4.39 Å². The molecular formula is C16H19FN2O. The van der Waals surface area contributed by atoms with Crippen molar-refractivity contribution in [1.82, 2.24) is 4.90 Å². The highest BCUT2D eigenvalue weighted by Crippen LogP contribution is 2.23. The summed E-state index contributed by atoms with van der Waals surface area (Å²) in [7, 11) is 0. The monoisotopic (exact) mass is 274 g/mol. The minimum absolute atomic E-state index is 0.193. The standard InChI is InChI=1S/C16H19FN2O/c1-12(20)6-16-4-2-3-5-19(16)11-14-7-13(10-18)8-15(17)9-14/h7-9,16H,2-6,11H2,1H3. The van der Waals surface area contributed by atoms with Gasteiger partial charge in [-0.05, 0) is 50.1 Å². The van der Waals surface area contributed by atoms with Gasteiger partial charge in [-0.2, -0.15) is 5.26 Å². The molecule has 0 radical (unpaired) electrons. The lowest BCUT2D eigenvalue weighted by Crippen LogP contribution is -2.40. The second kappa shape index (κ2) is 6.62. The van der Waals surface area contributed by atoms with Crippen LogP contribution in [0.25, 0.3) is 0 Å². The molecule has 1 aliphatic rings. The van der Waals surface area contributed by atoms with Gasteiger partial charge >= 0.3 is 0 Å². The zero-order chi connectivity index (χ0) is 14.5. The first-order chi connectivity index (χ1) is 9.58. The van der Waals surface area contributed by atoms with E-state index in [0.29, 0.717) is 18.5 Å². The molecule has 0 aromatic heterocycles. The number of Topliss-reactive ketones (excluding diaryl/α,β-unsaturated/α-hetero) is 1. The number of likely N-dealkylation sites (tertiary alicyclic amines) is 1. The molecule has 0 aliphatic carbocycles. The zero-order valence-corrected chi connectivity index (χ0v) is 11.7. The number of benzene rings is 1. The van der Waals surface area contributed by atoms with Gasteiger partial charge < -0.3 is 0 Å². The topological polar surface area (TPSA) is 44.1 Å². The third-order valence-electron chi connectivity index (χ3n) is 3.74. The molecule has 1 aromatic carbocycles. The van der Waals surface area contributed by atoms with Crippen molar-refractivity contribution < 1.29 is 9.18 Å². The summed E-state index contributed by atoms with van der Waals surface area (Å²) in [6.45, 7) is 3.14. The van der Waals surface area contributed by atoms with Crippen LogP contribution in [0.1, 0.15) is 43.7 Å². The second-order valence-corrected chi connectivity index (χ2v) is 5.49. The fourth-order valence-electron chi connectivity index (χ4n) is 2.87. The van der Waals surface area contributed by atoms with Crippen molar-refractivity contribution in [2.75, 3.05) is 6.54 Å². The largest absolute Gasteiger partial charge is 0.300 e. The van der Waals surface area contributed by atoms with E-state index in [2.05, 4.69) is 4.90 Å². The van der Waals surface area contributed by atoms with Gasteiger partial charge in [0.15, 0.2) is 0 Å². The Labute approximate surface area is 119 Å². The van der Waals surface area contributed by atoms with Gasteiger partial charge in [0, 0.05) is 19.0 Å². The average molecular weight is 274 g/mol. The lowest BCUT2D eigenvalue weighted by Gasteiger charge is -2.35. The summed E-state index contributed by atoms with van der Waals surface area (Å²) < 4.78 is 13.5. The second-order valence-electron chi connectivity index (χ2n) is 5.49. The molecule has 106 valence electrons. The molecule has 0 saturated carbocycles. The maximum absolute atomic E-state index is 13.5. The van der Waals surface area contributed by atoms with E-state index in [9.17, 15) is 9.18 Å². The van der Waals surface area contributed by atoms with Crippen molar-refractivity contribution in [3.8, 4) is 6.07 Å². The number of nitriles is 1. The van der Waals surface area contributed by atoms with Crippen LogP contribution >= 0.6 is 0 Å². The van der Waals surface area contributed by atoms with E-state index in [-0.39, 0.29) is 17.6 Å². The van der Waals surface area contributed by atoms with Gasteiger partial charge in [-0.1, -0.05) is 6.42 Å². The summed E-state index contributed by atoms with van der Waals surface area (Å²) in [6.07, 6.45) is 3.82. The summed E-state index contributed by atoms with van der Waals surface area (Å²) in [5.74, 6) is -0.182. The van der Waals surface area contributed by atoms with Crippen LogP contribution < -0.4 is 0 Å². The molecule has 2 rings (SSSR count). The molecule has 0 bridgehead atoms. The van der Waals surface area contributed by atoms with E-state index in [1.807, 2.05) is 6.07 Å². The number of carbonyl (C=O) groups is 1. The predicted octanol–water partition coefficient (Wildman–Crippen LogP) is 3.03. The van der Waals surface area contributed by atoms with Crippen LogP contribution in [0.5, 0.6) is 0 Å². The molecule has 0 N–H and O–H groups in total. The first-order valence-corrected chi connectivity index (χ1v) is 7.01. The van der Waals surface area contributed by atoms with Gasteiger partial charge in [0.05, 0.1) is 11.6 Å². The zero-order valence-electron chi connectivity index (χ0n) is 11.7. The number of hydrogen-bond acceptors (Lipinski definition) is 3. The Kier molecular flexibility index (Phi) is 4.86. The van der Waals surface area contributed by atoms with Crippen molar-refractivity contribution in [2.24, 2.45) is 0 Å². The Morgan fingerprint density at radius 2 is 2.25 bits per heavy atom. The van der Waals surface area contributed by atoms with E-state index in [1.165, 1.54) is 12.1 Å². The smallest absolute Gasteiger partial charge is 0.131 e. The number of nitrogens with zero attached hydrogens (tertiary/aromatic N) is 2. The number of hydrogen-bond donors (Lipinski definition) is 0. The summed E-state index contributed by atoms with van der Waals surface area (Å²) >= 11 is 0. The lowest BCUT2D eigenvalue weighted by atomic mass is 9.97. The van der Waals surface area contributed by atoms with Crippen molar-refractivity contribution in [2.45, 2.75) is 45.2 Å². The van der Waals surface area contributed by atoms with Gasteiger partial charge in [0.25, 0.3) is 0 Å². The minimum atomic E-state index is -0.376. The van der Waals surface area contributed by atoms with Gasteiger partial charge in [0.1, 0.15) is 11.6 Å². The quantitative estimate of drug-likeness (QED) is 0.847. The summed E-state index contributed by atoms with van der Waals surface area (Å²) in [5.41, 5.74) is 1.15. The molecule has 4 heteroatoms. The molecule has 1 aromatic rings. The van der Waals surface area contributed by atoms with Crippen molar-refractivity contribution >= 4 is 5.78 Å². The van der Waals surface area contributed by atoms with E-state index in [0.717, 1.165) is 31.4 Å². The van der Waals surface area contributed by atoms with Crippen LogP contribution in [-0.4, -0.2) is 23.3 Å². The molecule has 20 heavy (non-hydrogen) atoms. The summed E-state index contributed by atoms with van der Waals surface area (Å²) in [6, 6.07) is 6.66. The molecule has 0 spiro atoms. The van der Waals surface area contributed by atoms with Gasteiger partial charge in [-0.3, -0.25) is 9.69 Å². The third kappa shape index (κ3) is 3.88. The van der Waals surface area contributed by atoms with E-state index in [1.54, 1.807) is 13.0 Å². The van der Waals surface area contributed by atoms with Crippen molar-refractivity contribution in [3.63, 3.8) is 0 Å². The number of carbonyl (C=O) groups excluding carboxylic acids is 1. The highest BCUT2D eigenvalue weighted by molar-refractivity contribution is 5.76. The number of rotatable bonds is 4. The van der Waals surface area contributed by atoms with Crippen molar-refractivity contribution in [1.29, 1.82) is 5.26 Å². The first-order valence-electron chi connectivity index (χ1n) is 7.01. The molecule has 0 amide bonds. The molecule has 1 aliphatic heterocycles. The molecule has 1 fully saturated rings. The van der Waals surface area contributed by atoms with E-state index >= 15 is 0 Å². The van der Waals surface area contributed by atoms with Crippen LogP contribution in [-0.2, 0) is 11.3 Å². The first kappa shape index (κ1) is 14.7. The molecule has 1 heterocycles. The normalized spacial score (nSPS) is 19.6. The van der Waals surface area contributed by atoms with Crippen LogP contribution in [0, 0.1) is 17.1 Å². The summed E-state index contributed by atoms with van der Waals surface area (Å²) in [4.78, 5) is 13.6. The molecule has 1 atom stereocenters. The average Bonchev–Trinajstić information content (AvgIpc) is 2.39. The number of ketones is 1. The van der Waals surface area contributed by atoms with E-state index < -0.39 is 0 Å². The van der Waals surface area contributed by atoms with Crippen LogP contribution in [0.15, 0.2) is 18.2 Å². The maximum Gasteiger partial charge on any atom is 0.131 e. The van der Waals surface area contributed by atoms with Gasteiger partial charge in [-0.15, -0.1) is 0 Å². The molecule has 1 unspecified atom stereocenters. The minimum Gasteiger partial charge on any atom is -0.300 e. The molecule has 3 nitrogen and oxygen atoms in total. The molecular weight excluding hydrogens is 255 g/mol. The van der Waals surface area contributed by atoms with Crippen LogP contribution in [0.2, 0.25) is 0 Å². The lowest BCUT2D eigenvalue weighted by molar-refractivity contribution is -0.118. The third-order valence-corrected chi connectivity index (χ3v) is 3.74. The predicted molar refractivity (Wildman–Crippen MR) is 74.5 cm³/mol. The fourth-order valence-corrected chi connectivity index (χ4v) is 2.87. The Balaban J connectivity index is 2.12. The van der Waals surface area contributed by atoms with E-state index in [4.69, 9.17) is 5.26 Å². The Bertz CT molecular complexity index is 536. The SMILES string of the molecule is CC(=O)CC1CCCCN1Cc1cc(F)cc(C#N)c1. The Morgan fingerprint density at radius 1 is 1.45 bits per heavy atom. The fraction of sp³-hybridized carbons (Fsp3) is 0.500. The Morgan fingerprint density at radius 3 is 2.95 bits per heavy atom. The molecule has 1 saturated heterocycles. The number of halogens is 1. The Hall–Kier alpha value is -1.73. The highest BCUT2D eigenvalue weighted by atomic mass is 19.1. The van der Waals surface area contributed by atoms with Crippen molar-refractivity contribution in [3.05, 3.63) is 35.1 Å². The van der Waals surface area contributed by atoms with Crippen LogP contribution in [0.4, 0.5) is 4.39 Å². The summed E-state index contributed by atoms with van der Waals surface area (Å²) in [5, 5.41) is 8.89. The van der Waals surface area contributed by atoms with Crippen LogP contribution in [0.3, 0.4) is 0 Å².